The SMILES string of the molecule is CCCNCCN1CC(C(C)C)CC1=O. The number of carbonyl (C=O) groups excluding carboxylic acids is 1. The Labute approximate surface area is 93.2 Å². The predicted octanol–water partition coefficient (Wildman–Crippen LogP) is 1.49. The van der Waals surface area contributed by atoms with Crippen molar-refractivity contribution in [3.63, 3.8) is 0 Å². The Morgan fingerprint density at radius 2 is 2.20 bits per heavy atom. The molecule has 1 fully saturated rings. The van der Waals surface area contributed by atoms with E-state index in [1.54, 1.807) is 0 Å². The molecule has 1 aliphatic heterocycles. The van der Waals surface area contributed by atoms with E-state index in [0.29, 0.717) is 17.7 Å². The van der Waals surface area contributed by atoms with Gasteiger partial charge in [0.15, 0.2) is 0 Å². The first-order valence-corrected chi connectivity index (χ1v) is 6.13. The van der Waals surface area contributed by atoms with Crippen molar-refractivity contribution in [3.8, 4) is 0 Å². The molecule has 0 aromatic rings. The maximum Gasteiger partial charge on any atom is 0.222 e. The zero-order valence-corrected chi connectivity index (χ0v) is 10.3. The molecule has 1 rings (SSSR count). The summed E-state index contributed by atoms with van der Waals surface area (Å²) in [6, 6.07) is 0. The van der Waals surface area contributed by atoms with Crippen LogP contribution in [-0.2, 0) is 4.79 Å². The summed E-state index contributed by atoms with van der Waals surface area (Å²) in [7, 11) is 0. The van der Waals surface area contributed by atoms with Crippen molar-refractivity contribution in [2.24, 2.45) is 11.8 Å². The monoisotopic (exact) mass is 212 g/mol. The molecule has 1 atom stereocenters. The topological polar surface area (TPSA) is 32.3 Å². The maximum atomic E-state index is 11.7. The summed E-state index contributed by atoms with van der Waals surface area (Å²) in [5.41, 5.74) is 0. The fraction of sp³-hybridized carbons (Fsp3) is 0.917. The maximum absolute atomic E-state index is 11.7. The van der Waals surface area contributed by atoms with Gasteiger partial charge in [-0.1, -0.05) is 20.8 Å². The van der Waals surface area contributed by atoms with E-state index >= 15 is 0 Å². The quantitative estimate of drug-likeness (QED) is 0.677. The van der Waals surface area contributed by atoms with Gasteiger partial charge >= 0.3 is 0 Å². The Balaban J connectivity index is 2.22. The molecule has 1 saturated heterocycles. The highest BCUT2D eigenvalue weighted by molar-refractivity contribution is 5.78. The van der Waals surface area contributed by atoms with E-state index in [1.165, 1.54) is 0 Å². The number of hydrogen-bond donors (Lipinski definition) is 1. The zero-order valence-electron chi connectivity index (χ0n) is 10.3. The van der Waals surface area contributed by atoms with Crippen LogP contribution in [-0.4, -0.2) is 37.0 Å². The van der Waals surface area contributed by atoms with Gasteiger partial charge in [-0.25, -0.2) is 0 Å². The van der Waals surface area contributed by atoms with Crippen LogP contribution in [0.1, 0.15) is 33.6 Å². The molecule has 15 heavy (non-hydrogen) atoms. The molecule has 1 heterocycles. The first-order chi connectivity index (χ1) is 7.15. The number of nitrogens with zero attached hydrogens (tertiary/aromatic N) is 1. The third-order valence-corrected chi connectivity index (χ3v) is 3.17. The molecule has 1 amide bonds. The summed E-state index contributed by atoms with van der Waals surface area (Å²) in [5, 5.41) is 3.33. The number of amides is 1. The minimum atomic E-state index is 0.340. The van der Waals surface area contributed by atoms with E-state index < -0.39 is 0 Å². The average Bonchev–Trinajstić information content (AvgIpc) is 2.55. The van der Waals surface area contributed by atoms with Crippen LogP contribution in [0.4, 0.5) is 0 Å². The Morgan fingerprint density at radius 1 is 1.47 bits per heavy atom. The van der Waals surface area contributed by atoms with Crippen LogP contribution in [0.25, 0.3) is 0 Å². The van der Waals surface area contributed by atoms with Crippen molar-refractivity contribution in [1.29, 1.82) is 0 Å². The molecule has 3 heteroatoms. The molecule has 1 N–H and O–H groups in total. The highest BCUT2D eigenvalue weighted by Gasteiger charge is 2.30. The van der Waals surface area contributed by atoms with E-state index in [2.05, 4.69) is 26.1 Å². The second kappa shape index (κ2) is 6.11. The second-order valence-electron chi connectivity index (χ2n) is 4.80. The molecule has 1 aliphatic rings. The van der Waals surface area contributed by atoms with Gasteiger partial charge in [-0.3, -0.25) is 4.79 Å². The largest absolute Gasteiger partial charge is 0.341 e. The normalized spacial score (nSPS) is 21.7. The molecule has 0 saturated carbocycles. The third kappa shape index (κ3) is 3.82. The van der Waals surface area contributed by atoms with Gasteiger partial charge in [0.05, 0.1) is 0 Å². The van der Waals surface area contributed by atoms with Gasteiger partial charge in [0.1, 0.15) is 0 Å². The van der Waals surface area contributed by atoms with Crippen molar-refractivity contribution in [2.75, 3.05) is 26.2 Å². The average molecular weight is 212 g/mol. The van der Waals surface area contributed by atoms with E-state index in [0.717, 1.165) is 39.0 Å². The molecule has 0 aromatic heterocycles. The van der Waals surface area contributed by atoms with Crippen LogP contribution in [0.2, 0.25) is 0 Å². The van der Waals surface area contributed by atoms with E-state index in [1.807, 2.05) is 4.90 Å². The summed E-state index contributed by atoms with van der Waals surface area (Å²) in [6.45, 7) is 10.4. The Morgan fingerprint density at radius 3 is 2.73 bits per heavy atom. The summed E-state index contributed by atoms with van der Waals surface area (Å²) in [6.07, 6.45) is 1.91. The summed E-state index contributed by atoms with van der Waals surface area (Å²) in [4.78, 5) is 13.7. The Bertz CT molecular complexity index is 204. The minimum absolute atomic E-state index is 0.340. The Hall–Kier alpha value is -0.570. The van der Waals surface area contributed by atoms with Gasteiger partial charge in [-0.15, -0.1) is 0 Å². The number of carbonyl (C=O) groups is 1. The van der Waals surface area contributed by atoms with E-state index in [-0.39, 0.29) is 0 Å². The minimum Gasteiger partial charge on any atom is -0.341 e. The van der Waals surface area contributed by atoms with Crippen LogP contribution in [0.15, 0.2) is 0 Å². The van der Waals surface area contributed by atoms with Gasteiger partial charge in [0, 0.05) is 26.1 Å². The van der Waals surface area contributed by atoms with E-state index in [9.17, 15) is 4.79 Å². The first-order valence-electron chi connectivity index (χ1n) is 6.13. The summed E-state index contributed by atoms with van der Waals surface area (Å²) >= 11 is 0. The van der Waals surface area contributed by atoms with Gasteiger partial charge < -0.3 is 10.2 Å². The molecule has 0 bridgehead atoms. The molecule has 1 unspecified atom stereocenters. The van der Waals surface area contributed by atoms with Crippen LogP contribution < -0.4 is 5.32 Å². The molecule has 0 aliphatic carbocycles. The van der Waals surface area contributed by atoms with Gasteiger partial charge in [-0.05, 0) is 24.8 Å². The van der Waals surface area contributed by atoms with Crippen LogP contribution in [0.3, 0.4) is 0 Å². The van der Waals surface area contributed by atoms with Crippen molar-refractivity contribution in [1.82, 2.24) is 10.2 Å². The molecule has 0 radical (unpaired) electrons. The fourth-order valence-corrected chi connectivity index (χ4v) is 1.98. The predicted molar refractivity (Wildman–Crippen MR) is 62.7 cm³/mol. The van der Waals surface area contributed by atoms with Gasteiger partial charge in [0.25, 0.3) is 0 Å². The van der Waals surface area contributed by atoms with Crippen molar-refractivity contribution >= 4 is 5.91 Å². The van der Waals surface area contributed by atoms with Crippen LogP contribution >= 0.6 is 0 Å². The number of likely N-dealkylation sites (tertiary alicyclic amines) is 1. The standard InChI is InChI=1S/C12H24N2O/c1-4-5-13-6-7-14-9-11(10(2)3)8-12(14)15/h10-11,13H,4-9H2,1-3H3. The fourth-order valence-electron chi connectivity index (χ4n) is 1.98. The Kier molecular flexibility index (Phi) is 5.09. The zero-order chi connectivity index (χ0) is 11.3. The molecular formula is C12H24N2O. The molecule has 88 valence electrons. The first kappa shape index (κ1) is 12.5. The third-order valence-electron chi connectivity index (χ3n) is 3.17. The lowest BCUT2D eigenvalue weighted by Crippen LogP contribution is -2.33. The number of rotatable bonds is 6. The van der Waals surface area contributed by atoms with Gasteiger partial charge in [0.2, 0.25) is 5.91 Å². The molecule has 0 aromatic carbocycles. The van der Waals surface area contributed by atoms with Crippen LogP contribution in [0, 0.1) is 11.8 Å². The highest BCUT2D eigenvalue weighted by Crippen LogP contribution is 2.24. The molecule has 3 nitrogen and oxygen atoms in total. The summed E-state index contributed by atoms with van der Waals surface area (Å²) in [5.74, 6) is 1.54. The van der Waals surface area contributed by atoms with Crippen molar-refractivity contribution in [2.45, 2.75) is 33.6 Å². The number of nitrogens with one attached hydrogen (secondary N) is 1. The highest BCUT2D eigenvalue weighted by atomic mass is 16.2. The second-order valence-corrected chi connectivity index (χ2v) is 4.80. The lowest BCUT2D eigenvalue weighted by atomic mass is 9.95. The van der Waals surface area contributed by atoms with Gasteiger partial charge in [-0.2, -0.15) is 0 Å². The van der Waals surface area contributed by atoms with Crippen molar-refractivity contribution < 1.29 is 4.79 Å². The lowest BCUT2D eigenvalue weighted by molar-refractivity contribution is -0.127. The van der Waals surface area contributed by atoms with Crippen molar-refractivity contribution in [3.05, 3.63) is 0 Å². The lowest BCUT2D eigenvalue weighted by Gasteiger charge is -2.18. The smallest absolute Gasteiger partial charge is 0.222 e. The van der Waals surface area contributed by atoms with Crippen LogP contribution in [0.5, 0.6) is 0 Å². The van der Waals surface area contributed by atoms with E-state index in [4.69, 9.17) is 0 Å². The molecular weight excluding hydrogens is 188 g/mol. The summed E-state index contributed by atoms with van der Waals surface area (Å²) < 4.78 is 0. The molecule has 0 spiro atoms. The number of hydrogen-bond acceptors (Lipinski definition) is 2.